The first kappa shape index (κ1) is 12.8. The monoisotopic (exact) mass is 242 g/mol. The fourth-order valence-electron chi connectivity index (χ4n) is 1.46. The lowest BCUT2D eigenvalue weighted by molar-refractivity contribution is 0.0697. The fourth-order valence-corrected chi connectivity index (χ4v) is 1.78. The van der Waals surface area contributed by atoms with E-state index in [1.807, 2.05) is 13.8 Å². The number of phenolic OH excluding ortho intramolecular Hbond substituents is 1. The smallest absolute Gasteiger partial charge is 0.337 e. The largest absolute Gasteiger partial charge is 0.508 e. The van der Waals surface area contributed by atoms with Crippen molar-refractivity contribution in [1.29, 1.82) is 0 Å². The van der Waals surface area contributed by atoms with Crippen LogP contribution in [0.5, 0.6) is 5.75 Å². The molecule has 1 aromatic carbocycles. The van der Waals surface area contributed by atoms with E-state index in [-0.39, 0.29) is 16.3 Å². The van der Waals surface area contributed by atoms with Crippen LogP contribution in [0.25, 0.3) is 0 Å². The van der Waals surface area contributed by atoms with E-state index in [4.69, 9.17) is 16.7 Å². The van der Waals surface area contributed by atoms with Crippen molar-refractivity contribution in [3.63, 3.8) is 0 Å². The molecular weight excluding hydrogens is 228 g/mol. The van der Waals surface area contributed by atoms with Crippen LogP contribution >= 0.6 is 11.6 Å². The second-order valence-electron chi connectivity index (χ2n) is 3.95. The van der Waals surface area contributed by atoms with Crippen LogP contribution in [0, 0.1) is 5.92 Å². The zero-order valence-electron chi connectivity index (χ0n) is 9.33. The Bertz CT molecular complexity index is 401. The van der Waals surface area contributed by atoms with Crippen molar-refractivity contribution < 1.29 is 15.0 Å². The molecule has 0 unspecified atom stereocenters. The second-order valence-corrected chi connectivity index (χ2v) is 4.33. The molecule has 0 spiro atoms. The normalized spacial score (nSPS) is 12.4. The highest BCUT2D eigenvalue weighted by Gasteiger charge is 2.17. The van der Waals surface area contributed by atoms with Gasteiger partial charge in [0.15, 0.2) is 0 Å². The third kappa shape index (κ3) is 2.67. The number of benzene rings is 1. The van der Waals surface area contributed by atoms with Crippen LogP contribution in [0.1, 0.15) is 36.2 Å². The molecule has 0 heterocycles. The molecule has 0 fully saturated rings. The van der Waals surface area contributed by atoms with Crippen molar-refractivity contribution in [3.8, 4) is 5.75 Å². The van der Waals surface area contributed by atoms with E-state index in [9.17, 15) is 9.90 Å². The maximum atomic E-state index is 10.9. The molecule has 1 atom stereocenters. The zero-order chi connectivity index (χ0) is 12.3. The molecule has 0 aromatic heterocycles. The van der Waals surface area contributed by atoms with E-state index >= 15 is 0 Å². The quantitative estimate of drug-likeness (QED) is 0.852. The summed E-state index contributed by atoms with van der Waals surface area (Å²) in [7, 11) is 0. The summed E-state index contributed by atoms with van der Waals surface area (Å²) >= 11 is 5.97. The van der Waals surface area contributed by atoms with Gasteiger partial charge in [-0.25, -0.2) is 4.79 Å². The maximum absolute atomic E-state index is 10.9. The average Bonchev–Trinajstić information content (AvgIpc) is 2.23. The minimum Gasteiger partial charge on any atom is -0.508 e. The predicted molar refractivity (Wildman–Crippen MR) is 63.2 cm³/mol. The maximum Gasteiger partial charge on any atom is 0.337 e. The molecular formula is C12H15ClO3. The Morgan fingerprint density at radius 3 is 2.62 bits per heavy atom. The molecule has 0 bridgehead atoms. The van der Waals surface area contributed by atoms with Gasteiger partial charge >= 0.3 is 5.97 Å². The van der Waals surface area contributed by atoms with Gasteiger partial charge in [0.05, 0.1) is 10.6 Å². The molecule has 4 heteroatoms. The van der Waals surface area contributed by atoms with Crippen LogP contribution in [-0.4, -0.2) is 16.2 Å². The molecule has 1 aromatic rings. The lowest BCUT2D eigenvalue weighted by Gasteiger charge is -2.13. The van der Waals surface area contributed by atoms with Gasteiger partial charge in [-0.2, -0.15) is 0 Å². The number of aromatic hydroxyl groups is 1. The topological polar surface area (TPSA) is 57.5 Å². The molecule has 3 nitrogen and oxygen atoms in total. The van der Waals surface area contributed by atoms with Crippen molar-refractivity contribution in [2.45, 2.75) is 26.7 Å². The zero-order valence-corrected chi connectivity index (χ0v) is 10.1. The third-order valence-electron chi connectivity index (χ3n) is 2.70. The second kappa shape index (κ2) is 5.21. The van der Waals surface area contributed by atoms with Crippen LogP contribution in [0.4, 0.5) is 0 Å². The lowest BCUT2D eigenvalue weighted by Crippen LogP contribution is -2.04. The van der Waals surface area contributed by atoms with Gasteiger partial charge in [-0.05, 0) is 24.5 Å². The van der Waals surface area contributed by atoms with Gasteiger partial charge in [0.25, 0.3) is 0 Å². The molecule has 16 heavy (non-hydrogen) atoms. The summed E-state index contributed by atoms with van der Waals surface area (Å²) in [5.74, 6) is -0.654. The van der Waals surface area contributed by atoms with Crippen molar-refractivity contribution in [3.05, 3.63) is 28.3 Å². The number of hydrogen-bond acceptors (Lipinski definition) is 2. The van der Waals surface area contributed by atoms with E-state index in [1.54, 1.807) is 0 Å². The molecule has 0 aliphatic heterocycles. The Morgan fingerprint density at radius 1 is 1.50 bits per heavy atom. The van der Waals surface area contributed by atoms with Crippen LogP contribution in [-0.2, 0) is 6.42 Å². The fraction of sp³-hybridized carbons (Fsp3) is 0.417. The third-order valence-corrected chi connectivity index (χ3v) is 3.13. The number of phenols is 1. The summed E-state index contributed by atoms with van der Waals surface area (Å²) in [4.78, 5) is 10.9. The van der Waals surface area contributed by atoms with Gasteiger partial charge in [-0.15, -0.1) is 0 Å². The average molecular weight is 243 g/mol. The van der Waals surface area contributed by atoms with Crippen LogP contribution in [0.3, 0.4) is 0 Å². The standard InChI is InChI=1S/C12H15ClO3/c1-3-7(2)6-9-10(14)5-4-8(11(9)13)12(15)16/h4-5,7,14H,3,6H2,1-2H3,(H,15,16)/t7-/m0/s1. The molecule has 1 rings (SSSR count). The summed E-state index contributed by atoms with van der Waals surface area (Å²) in [6.07, 6.45) is 1.54. The predicted octanol–water partition coefficient (Wildman–Crippen LogP) is 3.33. The van der Waals surface area contributed by atoms with E-state index in [0.717, 1.165) is 6.42 Å². The van der Waals surface area contributed by atoms with E-state index in [2.05, 4.69) is 0 Å². The Morgan fingerprint density at radius 2 is 2.12 bits per heavy atom. The number of rotatable bonds is 4. The highest BCUT2D eigenvalue weighted by Crippen LogP contribution is 2.31. The summed E-state index contributed by atoms with van der Waals surface area (Å²) in [6, 6.07) is 2.70. The summed E-state index contributed by atoms with van der Waals surface area (Å²) in [5.41, 5.74) is 0.564. The minimum atomic E-state index is -1.07. The first-order chi connectivity index (χ1) is 7.47. The highest BCUT2D eigenvalue weighted by molar-refractivity contribution is 6.34. The Hall–Kier alpha value is -1.22. The SMILES string of the molecule is CC[C@H](C)Cc1c(O)ccc(C(=O)O)c1Cl. The molecule has 0 radical (unpaired) electrons. The van der Waals surface area contributed by atoms with Crippen LogP contribution in [0.15, 0.2) is 12.1 Å². The molecule has 0 saturated heterocycles. The minimum absolute atomic E-state index is 0.0396. The van der Waals surface area contributed by atoms with E-state index in [0.29, 0.717) is 17.9 Å². The lowest BCUT2D eigenvalue weighted by atomic mass is 9.96. The van der Waals surface area contributed by atoms with Crippen molar-refractivity contribution in [2.75, 3.05) is 0 Å². The Labute approximate surface area is 99.7 Å². The summed E-state index contributed by atoms with van der Waals surface area (Å²) in [5, 5.41) is 18.7. The molecule has 0 aliphatic rings. The number of carbonyl (C=O) groups is 1. The summed E-state index contributed by atoms with van der Waals surface area (Å²) in [6.45, 7) is 4.07. The summed E-state index contributed by atoms with van der Waals surface area (Å²) < 4.78 is 0. The number of carboxylic acids is 1. The van der Waals surface area contributed by atoms with Gasteiger partial charge in [0.1, 0.15) is 5.75 Å². The molecule has 0 aliphatic carbocycles. The van der Waals surface area contributed by atoms with Crippen LogP contribution in [0.2, 0.25) is 5.02 Å². The van der Waals surface area contributed by atoms with Gasteiger partial charge in [0, 0.05) is 5.56 Å². The number of halogens is 1. The van der Waals surface area contributed by atoms with Crippen molar-refractivity contribution in [2.24, 2.45) is 5.92 Å². The van der Waals surface area contributed by atoms with E-state index in [1.165, 1.54) is 12.1 Å². The Balaban J connectivity index is 3.16. The van der Waals surface area contributed by atoms with Gasteiger partial charge < -0.3 is 10.2 Å². The first-order valence-corrected chi connectivity index (χ1v) is 5.58. The van der Waals surface area contributed by atoms with E-state index < -0.39 is 5.97 Å². The molecule has 0 amide bonds. The van der Waals surface area contributed by atoms with Crippen molar-refractivity contribution in [1.82, 2.24) is 0 Å². The highest BCUT2D eigenvalue weighted by atomic mass is 35.5. The Kier molecular flexibility index (Phi) is 4.19. The van der Waals surface area contributed by atoms with Crippen LogP contribution < -0.4 is 0 Å². The first-order valence-electron chi connectivity index (χ1n) is 5.21. The number of aromatic carboxylic acids is 1. The number of carboxylic acid groups (broad SMARTS) is 1. The number of hydrogen-bond donors (Lipinski definition) is 2. The van der Waals surface area contributed by atoms with Gasteiger partial charge in [-0.3, -0.25) is 0 Å². The molecule has 0 saturated carbocycles. The van der Waals surface area contributed by atoms with Gasteiger partial charge in [0.2, 0.25) is 0 Å². The molecule has 88 valence electrons. The van der Waals surface area contributed by atoms with Crippen molar-refractivity contribution >= 4 is 17.6 Å². The van der Waals surface area contributed by atoms with Gasteiger partial charge in [-0.1, -0.05) is 31.9 Å². The molecule has 2 N–H and O–H groups in total.